The van der Waals surface area contributed by atoms with Crippen molar-refractivity contribution in [3.8, 4) is 11.1 Å². The zero-order valence-electron chi connectivity index (χ0n) is 14.1. The molecule has 3 aromatic carbocycles. The molecule has 0 unspecified atom stereocenters. The van der Waals surface area contributed by atoms with Crippen LogP contribution >= 0.6 is 0 Å². The van der Waals surface area contributed by atoms with Crippen LogP contribution in [0.25, 0.3) is 11.1 Å². The first-order valence-electron chi connectivity index (χ1n) is 8.25. The molecule has 0 saturated carbocycles. The van der Waals surface area contributed by atoms with Crippen LogP contribution in [0.3, 0.4) is 0 Å². The summed E-state index contributed by atoms with van der Waals surface area (Å²) in [6.45, 7) is 2.42. The predicted octanol–water partition coefficient (Wildman–Crippen LogP) is 4.18. The largest absolute Gasteiger partial charge is 0.240 e. The lowest BCUT2D eigenvalue weighted by atomic mass is 10.0. The molecule has 0 bridgehead atoms. The third kappa shape index (κ3) is 4.56. The Morgan fingerprint density at radius 2 is 1.32 bits per heavy atom. The Labute approximate surface area is 149 Å². The molecule has 3 rings (SSSR count). The Kier molecular flexibility index (Phi) is 5.31. The van der Waals surface area contributed by atoms with Gasteiger partial charge in [0.2, 0.25) is 10.0 Å². The van der Waals surface area contributed by atoms with Crippen LogP contribution < -0.4 is 4.72 Å². The topological polar surface area (TPSA) is 46.2 Å². The zero-order valence-corrected chi connectivity index (χ0v) is 15.0. The molecule has 4 heteroatoms. The zero-order chi connectivity index (χ0) is 17.7. The first kappa shape index (κ1) is 17.4. The highest BCUT2D eigenvalue weighted by molar-refractivity contribution is 7.89. The Morgan fingerprint density at radius 3 is 1.92 bits per heavy atom. The minimum atomic E-state index is -3.49. The summed E-state index contributed by atoms with van der Waals surface area (Å²) in [5.74, 6) is 0. The summed E-state index contributed by atoms with van der Waals surface area (Å²) in [6, 6.07) is 25.0. The summed E-state index contributed by atoms with van der Waals surface area (Å²) in [5.41, 5.74) is 4.39. The number of benzene rings is 3. The van der Waals surface area contributed by atoms with E-state index in [2.05, 4.69) is 4.72 Å². The predicted molar refractivity (Wildman–Crippen MR) is 102 cm³/mol. The van der Waals surface area contributed by atoms with E-state index in [0.29, 0.717) is 13.0 Å². The minimum Gasteiger partial charge on any atom is -0.211 e. The van der Waals surface area contributed by atoms with Gasteiger partial charge in [-0.2, -0.15) is 0 Å². The molecule has 0 heterocycles. The molecule has 0 aliphatic carbocycles. The highest BCUT2D eigenvalue weighted by Crippen LogP contribution is 2.21. The lowest BCUT2D eigenvalue weighted by Gasteiger charge is -2.08. The molecule has 0 aliphatic rings. The molecule has 0 aromatic heterocycles. The second kappa shape index (κ2) is 7.64. The molecule has 128 valence electrons. The van der Waals surface area contributed by atoms with Crippen molar-refractivity contribution in [2.24, 2.45) is 0 Å². The fraction of sp³-hybridized carbons (Fsp3) is 0.143. The van der Waals surface area contributed by atoms with Gasteiger partial charge in [-0.25, -0.2) is 13.1 Å². The molecule has 3 nitrogen and oxygen atoms in total. The van der Waals surface area contributed by atoms with Crippen molar-refractivity contribution in [3.05, 3.63) is 90.0 Å². The first-order valence-corrected chi connectivity index (χ1v) is 9.74. The van der Waals surface area contributed by atoms with E-state index >= 15 is 0 Å². The van der Waals surface area contributed by atoms with E-state index in [0.717, 1.165) is 16.7 Å². The summed E-state index contributed by atoms with van der Waals surface area (Å²) < 4.78 is 27.5. The Balaban J connectivity index is 1.67. The van der Waals surface area contributed by atoms with E-state index in [1.165, 1.54) is 5.56 Å². The summed E-state index contributed by atoms with van der Waals surface area (Å²) in [6.07, 6.45) is 0.668. The van der Waals surface area contributed by atoms with Gasteiger partial charge in [0.25, 0.3) is 0 Å². The third-order valence-corrected chi connectivity index (χ3v) is 5.58. The maximum absolute atomic E-state index is 12.4. The SMILES string of the molecule is Cc1ccc(-c2ccc(S(=O)(=O)NCCc3ccccc3)cc2)cc1. The standard InChI is InChI=1S/C21H21NO2S/c1-17-7-9-19(10-8-17)20-11-13-21(14-12-20)25(23,24)22-16-15-18-5-3-2-4-6-18/h2-14,22H,15-16H2,1H3. The maximum atomic E-state index is 12.4. The Hall–Kier alpha value is -2.43. The quantitative estimate of drug-likeness (QED) is 0.724. The number of hydrogen-bond acceptors (Lipinski definition) is 2. The van der Waals surface area contributed by atoms with Crippen LogP contribution in [0.15, 0.2) is 83.8 Å². The van der Waals surface area contributed by atoms with Crippen LogP contribution in [-0.2, 0) is 16.4 Å². The van der Waals surface area contributed by atoms with Crippen molar-refractivity contribution in [1.29, 1.82) is 0 Å². The van der Waals surface area contributed by atoms with Crippen molar-refractivity contribution in [2.75, 3.05) is 6.54 Å². The first-order chi connectivity index (χ1) is 12.0. The van der Waals surface area contributed by atoms with Crippen molar-refractivity contribution in [2.45, 2.75) is 18.2 Å². The minimum absolute atomic E-state index is 0.288. The maximum Gasteiger partial charge on any atom is 0.240 e. The van der Waals surface area contributed by atoms with E-state index in [9.17, 15) is 8.42 Å². The number of nitrogens with one attached hydrogen (secondary N) is 1. The van der Waals surface area contributed by atoms with Crippen LogP contribution in [0, 0.1) is 6.92 Å². The van der Waals surface area contributed by atoms with Gasteiger partial charge >= 0.3 is 0 Å². The Bertz CT molecular complexity index is 916. The van der Waals surface area contributed by atoms with Crippen LogP contribution in [0.1, 0.15) is 11.1 Å². The molecule has 1 N–H and O–H groups in total. The molecule has 25 heavy (non-hydrogen) atoms. The molecule has 0 aliphatic heterocycles. The summed E-state index contributed by atoms with van der Waals surface area (Å²) in [5, 5.41) is 0. The average molecular weight is 351 g/mol. The number of aryl methyl sites for hydroxylation is 1. The van der Waals surface area contributed by atoms with Gasteiger partial charge in [-0.05, 0) is 42.2 Å². The van der Waals surface area contributed by atoms with Gasteiger partial charge in [-0.15, -0.1) is 0 Å². The second-order valence-electron chi connectivity index (χ2n) is 6.02. The molecular formula is C21H21NO2S. The van der Waals surface area contributed by atoms with E-state index < -0.39 is 10.0 Å². The molecule has 0 fully saturated rings. The average Bonchev–Trinajstić information content (AvgIpc) is 2.63. The summed E-state index contributed by atoms with van der Waals surface area (Å²) in [7, 11) is -3.49. The van der Waals surface area contributed by atoms with E-state index in [-0.39, 0.29) is 4.90 Å². The van der Waals surface area contributed by atoms with Gasteiger partial charge in [0, 0.05) is 6.54 Å². The van der Waals surface area contributed by atoms with Crippen LogP contribution in [0.4, 0.5) is 0 Å². The van der Waals surface area contributed by atoms with E-state index in [1.807, 2.05) is 73.7 Å². The molecule has 0 saturated heterocycles. The monoisotopic (exact) mass is 351 g/mol. The van der Waals surface area contributed by atoms with Gasteiger partial charge < -0.3 is 0 Å². The molecule has 0 atom stereocenters. The van der Waals surface area contributed by atoms with E-state index in [1.54, 1.807) is 12.1 Å². The second-order valence-corrected chi connectivity index (χ2v) is 7.79. The number of hydrogen-bond donors (Lipinski definition) is 1. The molecule has 0 radical (unpaired) electrons. The highest BCUT2D eigenvalue weighted by atomic mass is 32.2. The van der Waals surface area contributed by atoms with Crippen molar-refractivity contribution >= 4 is 10.0 Å². The van der Waals surface area contributed by atoms with Gasteiger partial charge in [0.05, 0.1) is 4.90 Å². The third-order valence-electron chi connectivity index (χ3n) is 4.10. The van der Waals surface area contributed by atoms with Crippen molar-refractivity contribution in [3.63, 3.8) is 0 Å². The molecule has 0 spiro atoms. The van der Waals surface area contributed by atoms with Gasteiger partial charge in [0.15, 0.2) is 0 Å². The molecule has 3 aromatic rings. The highest BCUT2D eigenvalue weighted by Gasteiger charge is 2.13. The van der Waals surface area contributed by atoms with Gasteiger partial charge in [-0.3, -0.25) is 0 Å². The Morgan fingerprint density at radius 1 is 0.760 bits per heavy atom. The fourth-order valence-corrected chi connectivity index (χ4v) is 3.66. The molecule has 0 amide bonds. The number of sulfonamides is 1. The summed E-state index contributed by atoms with van der Waals surface area (Å²) >= 11 is 0. The lowest BCUT2D eigenvalue weighted by molar-refractivity contribution is 0.581. The van der Waals surface area contributed by atoms with Crippen molar-refractivity contribution < 1.29 is 8.42 Å². The smallest absolute Gasteiger partial charge is 0.211 e. The van der Waals surface area contributed by atoms with Crippen LogP contribution in [-0.4, -0.2) is 15.0 Å². The normalized spacial score (nSPS) is 11.4. The molecular weight excluding hydrogens is 330 g/mol. The summed E-state index contributed by atoms with van der Waals surface area (Å²) in [4.78, 5) is 0.288. The van der Waals surface area contributed by atoms with Crippen LogP contribution in [0.2, 0.25) is 0 Å². The van der Waals surface area contributed by atoms with E-state index in [4.69, 9.17) is 0 Å². The van der Waals surface area contributed by atoms with Gasteiger partial charge in [0.1, 0.15) is 0 Å². The lowest BCUT2D eigenvalue weighted by Crippen LogP contribution is -2.25. The van der Waals surface area contributed by atoms with Gasteiger partial charge in [-0.1, -0.05) is 72.3 Å². The van der Waals surface area contributed by atoms with Crippen molar-refractivity contribution in [1.82, 2.24) is 4.72 Å². The van der Waals surface area contributed by atoms with Crippen LogP contribution in [0.5, 0.6) is 0 Å². The number of rotatable bonds is 6. The fourth-order valence-electron chi connectivity index (χ4n) is 2.63.